The second-order valence-electron chi connectivity index (χ2n) is 4.94. The van der Waals surface area contributed by atoms with Gasteiger partial charge in [-0.3, -0.25) is 0 Å². The summed E-state index contributed by atoms with van der Waals surface area (Å²) in [6.45, 7) is 3.09. The number of piperidine rings is 1. The van der Waals surface area contributed by atoms with E-state index in [0.29, 0.717) is 12.4 Å². The highest BCUT2D eigenvalue weighted by molar-refractivity contribution is 5.44. The first-order valence-corrected chi connectivity index (χ1v) is 6.14. The van der Waals surface area contributed by atoms with Crippen molar-refractivity contribution in [1.29, 1.82) is 0 Å². The molecule has 1 saturated heterocycles. The van der Waals surface area contributed by atoms with Crippen LogP contribution in [0.1, 0.15) is 25.3 Å². The minimum absolute atomic E-state index is 0.262. The van der Waals surface area contributed by atoms with E-state index in [1.54, 1.807) is 7.11 Å². The quantitative estimate of drug-likeness (QED) is 0.892. The van der Waals surface area contributed by atoms with Gasteiger partial charge < -0.3 is 14.7 Å². The van der Waals surface area contributed by atoms with Gasteiger partial charge in [0.25, 0.3) is 0 Å². The molecule has 0 spiro atoms. The fraction of sp³-hybridized carbons (Fsp3) is 0.615. The zero-order chi connectivity index (χ0) is 13.2. The first-order valence-electron chi connectivity index (χ1n) is 6.14. The summed E-state index contributed by atoms with van der Waals surface area (Å²) in [6, 6.07) is 1.50. The molecule has 1 aliphatic heterocycles. The van der Waals surface area contributed by atoms with Crippen molar-refractivity contribution in [3.05, 3.63) is 23.6 Å². The molecule has 1 fully saturated rings. The van der Waals surface area contributed by atoms with Crippen LogP contribution in [-0.4, -0.2) is 35.9 Å². The van der Waals surface area contributed by atoms with Gasteiger partial charge in [0.05, 0.1) is 12.2 Å². The van der Waals surface area contributed by atoms with Gasteiger partial charge in [0.15, 0.2) is 11.6 Å². The number of aliphatic hydroxyl groups excluding tert-OH is 1. The van der Waals surface area contributed by atoms with Gasteiger partial charge in [-0.05, 0) is 25.8 Å². The Balaban J connectivity index is 2.26. The number of pyridine rings is 1. The second-order valence-corrected chi connectivity index (χ2v) is 4.94. The highest BCUT2D eigenvalue weighted by Gasteiger charge is 2.32. The standard InChI is InChI=1S/C13H19FN2O2/c1-13(18-2)5-3-7-16(9-13)12-11(14)10(8-17)4-6-15-12/h4,6,17H,3,5,7-9H2,1-2H3. The van der Waals surface area contributed by atoms with Gasteiger partial charge in [-0.1, -0.05) is 0 Å². The van der Waals surface area contributed by atoms with Crippen LogP contribution in [0.5, 0.6) is 0 Å². The third-order valence-corrected chi connectivity index (χ3v) is 3.57. The fourth-order valence-electron chi connectivity index (χ4n) is 2.37. The summed E-state index contributed by atoms with van der Waals surface area (Å²) >= 11 is 0. The monoisotopic (exact) mass is 254 g/mol. The molecule has 0 amide bonds. The van der Waals surface area contributed by atoms with E-state index in [2.05, 4.69) is 4.98 Å². The molecular weight excluding hydrogens is 235 g/mol. The normalized spacial score (nSPS) is 24.3. The predicted octanol–water partition coefficient (Wildman–Crippen LogP) is 1.72. The summed E-state index contributed by atoms with van der Waals surface area (Å²) in [6.07, 6.45) is 3.43. The van der Waals surface area contributed by atoms with Crippen molar-refractivity contribution in [3.8, 4) is 0 Å². The molecule has 0 saturated carbocycles. The lowest BCUT2D eigenvalue weighted by Gasteiger charge is -2.40. The van der Waals surface area contributed by atoms with Crippen LogP contribution in [0.15, 0.2) is 12.3 Å². The van der Waals surface area contributed by atoms with E-state index in [9.17, 15) is 4.39 Å². The van der Waals surface area contributed by atoms with Crippen molar-refractivity contribution in [3.63, 3.8) is 0 Å². The lowest BCUT2D eigenvalue weighted by molar-refractivity contribution is -0.00495. The zero-order valence-corrected chi connectivity index (χ0v) is 10.8. The molecule has 1 aliphatic rings. The van der Waals surface area contributed by atoms with Crippen molar-refractivity contribution >= 4 is 5.82 Å². The maximum atomic E-state index is 14.1. The Morgan fingerprint density at radius 2 is 2.39 bits per heavy atom. The molecule has 1 atom stereocenters. The van der Waals surface area contributed by atoms with Gasteiger partial charge in [-0.25, -0.2) is 9.37 Å². The van der Waals surface area contributed by atoms with Gasteiger partial charge >= 0.3 is 0 Å². The molecule has 2 rings (SSSR count). The van der Waals surface area contributed by atoms with Crippen molar-refractivity contribution < 1.29 is 14.2 Å². The molecule has 4 nitrogen and oxygen atoms in total. The summed E-state index contributed by atoms with van der Waals surface area (Å²) in [5, 5.41) is 9.08. The molecule has 18 heavy (non-hydrogen) atoms. The lowest BCUT2D eigenvalue weighted by Crippen LogP contribution is -2.48. The Morgan fingerprint density at radius 1 is 1.61 bits per heavy atom. The Hall–Kier alpha value is -1.20. The maximum Gasteiger partial charge on any atom is 0.171 e. The van der Waals surface area contributed by atoms with Gasteiger partial charge in [0, 0.05) is 32.0 Å². The summed E-state index contributed by atoms with van der Waals surface area (Å²) in [4.78, 5) is 5.99. The van der Waals surface area contributed by atoms with Gasteiger partial charge in [-0.2, -0.15) is 0 Å². The highest BCUT2D eigenvalue weighted by Crippen LogP contribution is 2.29. The number of methoxy groups -OCH3 is 1. The van der Waals surface area contributed by atoms with E-state index in [1.807, 2.05) is 11.8 Å². The first kappa shape index (κ1) is 13.2. The van der Waals surface area contributed by atoms with Crippen LogP contribution in [0.25, 0.3) is 0 Å². The molecule has 1 unspecified atom stereocenters. The van der Waals surface area contributed by atoms with Crippen LogP contribution in [0.2, 0.25) is 0 Å². The Kier molecular flexibility index (Phi) is 3.82. The number of aliphatic hydroxyl groups is 1. The molecule has 0 aromatic carbocycles. The van der Waals surface area contributed by atoms with Crippen LogP contribution in [-0.2, 0) is 11.3 Å². The Labute approximate surface area is 106 Å². The van der Waals surface area contributed by atoms with Crippen molar-refractivity contribution in [2.75, 3.05) is 25.1 Å². The minimum Gasteiger partial charge on any atom is -0.392 e. The average molecular weight is 254 g/mol. The molecule has 1 aromatic rings. The summed E-state index contributed by atoms with van der Waals surface area (Å²) in [7, 11) is 1.68. The molecule has 100 valence electrons. The van der Waals surface area contributed by atoms with Crippen molar-refractivity contribution in [2.45, 2.75) is 32.0 Å². The van der Waals surface area contributed by atoms with E-state index in [1.165, 1.54) is 12.3 Å². The average Bonchev–Trinajstić information content (AvgIpc) is 2.39. The van der Waals surface area contributed by atoms with E-state index in [0.717, 1.165) is 19.4 Å². The number of anilines is 1. The van der Waals surface area contributed by atoms with Crippen LogP contribution in [0, 0.1) is 5.82 Å². The molecular formula is C13H19FN2O2. The summed E-state index contributed by atoms with van der Waals surface area (Å²) in [5.74, 6) is -0.120. The number of rotatable bonds is 3. The lowest BCUT2D eigenvalue weighted by atomic mass is 9.94. The second kappa shape index (κ2) is 5.20. The highest BCUT2D eigenvalue weighted by atomic mass is 19.1. The van der Waals surface area contributed by atoms with Crippen LogP contribution >= 0.6 is 0 Å². The third kappa shape index (κ3) is 2.47. The predicted molar refractivity (Wildman–Crippen MR) is 67.0 cm³/mol. The minimum atomic E-state index is -0.430. The Bertz CT molecular complexity index is 427. The molecule has 5 heteroatoms. The number of halogens is 1. The van der Waals surface area contributed by atoms with E-state index in [-0.39, 0.29) is 17.8 Å². The zero-order valence-electron chi connectivity index (χ0n) is 10.8. The largest absolute Gasteiger partial charge is 0.392 e. The molecule has 1 aromatic heterocycles. The van der Waals surface area contributed by atoms with Crippen molar-refractivity contribution in [2.24, 2.45) is 0 Å². The number of nitrogens with zero attached hydrogens (tertiary/aromatic N) is 2. The summed E-state index contributed by atoms with van der Waals surface area (Å²) in [5.41, 5.74) is 0.0198. The third-order valence-electron chi connectivity index (χ3n) is 3.57. The van der Waals surface area contributed by atoms with Crippen LogP contribution < -0.4 is 4.90 Å². The molecule has 0 bridgehead atoms. The van der Waals surface area contributed by atoms with Gasteiger partial charge in [0.2, 0.25) is 0 Å². The summed E-state index contributed by atoms with van der Waals surface area (Å²) < 4.78 is 19.6. The van der Waals surface area contributed by atoms with E-state index in [4.69, 9.17) is 9.84 Å². The van der Waals surface area contributed by atoms with Crippen LogP contribution in [0.3, 0.4) is 0 Å². The fourth-order valence-corrected chi connectivity index (χ4v) is 2.37. The number of aromatic nitrogens is 1. The van der Waals surface area contributed by atoms with E-state index >= 15 is 0 Å². The number of ether oxygens (including phenoxy) is 1. The van der Waals surface area contributed by atoms with Crippen LogP contribution in [0.4, 0.5) is 10.2 Å². The van der Waals surface area contributed by atoms with Gasteiger partial charge in [0.1, 0.15) is 0 Å². The number of hydrogen-bond acceptors (Lipinski definition) is 4. The number of hydrogen-bond donors (Lipinski definition) is 1. The molecule has 2 heterocycles. The smallest absolute Gasteiger partial charge is 0.171 e. The van der Waals surface area contributed by atoms with E-state index < -0.39 is 5.82 Å². The Morgan fingerprint density at radius 3 is 3.06 bits per heavy atom. The SMILES string of the molecule is COC1(C)CCCN(c2nccc(CO)c2F)C1. The molecule has 0 aliphatic carbocycles. The van der Waals surface area contributed by atoms with Gasteiger partial charge in [-0.15, -0.1) is 0 Å². The molecule has 1 N–H and O–H groups in total. The first-order chi connectivity index (χ1) is 8.59. The molecule has 0 radical (unpaired) electrons. The van der Waals surface area contributed by atoms with Crippen molar-refractivity contribution in [1.82, 2.24) is 4.98 Å². The maximum absolute atomic E-state index is 14.1. The topological polar surface area (TPSA) is 45.6 Å².